The molecule has 3 aromatic rings. The van der Waals surface area contributed by atoms with Crippen LogP contribution in [0.2, 0.25) is 0 Å². The summed E-state index contributed by atoms with van der Waals surface area (Å²) in [6, 6.07) is 5.16. The van der Waals surface area contributed by atoms with Crippen LogP contribution in [-0.2, 0) is 0 Å². The van der Waals surface area contributed by atoms with Crippen LogP contribution in [-0.4, -0.2) is 44.7 Å². The van der Waals surface area contributed by atoms with E-state index in [0.717, 1.165) is 6.42 Å². The third kappa shape index (κ3) is 3.87. The van der Waals surface area contributed by atoms with E-state index < -0.39 is 5.91 Å². The Morgan fingerprint density at radius 3 is 2.79 bits per heavy atom. The van der Waals surface area contributed by atoms with Gasteiger partial charge in [-0.2, -0.15) is 0 Å². The second-order valence-corrected chi connectivity index (χ2v) is 7.67. The summed E-state index contributed by atoms with van der Waals surface area (Å²) in [7, 11) is 1.80. The lowest BCUT2D eigenvalue weighted by Gasteiger charge is -2.25. The molecule has 4 rings (SSSR count). The van der Waals surface area contributed by atoms with E-state index in [2.05, 4.69) is 9.97 Å². The Morgan fingerprint density at radius 1 is 1.31 bits per heavy atom. The number of hydrogen-bond donors (Lipinski definition) is 1. The Hall–Kier alpha value is -3.16. The topological polar surface area (TPSA) is 107 Å². The van der Waals surface area contributed by atoms with E-state index >= 15 is 0 Å². The molecule has 1 aliphatic rings. The van der Waals surface area contributed by atoms with Crippen LogP contribution in [0.4, 0.5) is 0 Å². The minimum Gasteiger partial charge on any atom is -0.463 e. The largest absolute Gasteiger partial charge is 0.463 e. The van der Waals surface area contributed by atoms with E-state index in [9.17, 15) is 9.59 Å². The van der Waals surface area contributed by atoms with E-state index in [1.165, 1.54) is 49.1 Å². The van der Waals surface area contributed by atoms with Gasteiger partial charge in [0.15, 0.2) is 17.1 Å². The molecule has 0 radical (unpaired) electrons. The van der Waals surface area contributed by atoms with Crippen molar-refractivity contribution in [1.29, 1.82) is 0 Å². The van der Waals surface area contributed by atoms with Crippen molar-refractivity contribution in [2.75, 3.05) is 13.6 Å². The Bertz CT molecular complexity index is 1020. The molecule has 0 unspecified atom stereocenters. The van der Waals surface area contributed by atoms with Crippen LogP contribution in [0.5, 0.6) is 0 Å². The maximum atomic E-state index is 13.2. The molecule has 1 saturated carbocycles. The lowest BCUT2D eigenvalue weighted by Crippen LogP contribution is -2.31. The SMILES string of the molecule is CN(CCC1CCCCC1)C(=O)c1cc(-c2ccco2)nc2c(C(N)=O)ncn12. The number of nitrogens with two attached hydrogens (primary N) is 1. The first kappa shape index (κ1) is 19.2. The number of aromatic nitrogens is 3. The highest BCUT2D eigenvalue weighted by molar-refractivity contribution is 5.99. The fraction of sp³-hybridized carbons (Fsp3) is 0.429. The summed E-state index contributed by atoms with van der Waals surface area (Å²) >= 11 is 0. The fourth-order valence-corrected chi connectivity index (χ4v) is 4.01. The molecule has 29 heavy (non-hydrogen) atoms. The first-order chi connectivity index (χ1) is 14.0. The molecule has 0 aliphatic heterocycles. The van der Waals surface area contributed by atoms with Gasteiger partial charge in [0.2, 0.25) is 0 Å². The van der Waals surface area contributed by atoms with Gasteiger partial charge >= 0.3 is 0 Å². The summed E-state index contributed by atoms with van der Waals surface area (Å²) in [4.78, 5) is 35.2. The summed E-state index contributed by atoms with van der Waals surface area (Å²) in [5, 5.41) is 0. The molecule has 152 valence electrons. The molecule has 2 N–H and O–H groups in total. The van der Waals surface area contributed by atoms with Crippen molar-refractivity contribution < 1.29 is 14.0 Å². The summed E-state index contributed by atoms with van der Waals surface area (Å²) < 4.78 is 6.95. The predicted octanol–water partition coefficient (Wildman–Crippen LogP) is 3.13. The highest BCUT2D eigenvalue weighted by Gasteiger charge is 2.23. The Labute approximate surface area is 168 Å². The minimum atomic E-state index is -0.694. The van der Waals surface area contributed by atoms with Crippen LogP contribution in [0.3, 0.4) is 0 Å². The first-order valence-electron chi connectivity index (χ1n) is 10.0. The van der Waals surface area contributed by atoms with Gasteiger partial charge in [0.05, 0.1) is 6.26 Å². The van der Waals surface area contributed by atoms with E-state index in [1.807, 2.05) is 0 Å². The van der Waals surface area contributed by atoms with Crippen molar-refractivity contribution in [1.82, 2.24) is 19.3 Å². The highest BCUT2D eigenvalue weighted by atomic mass is 16.3. The van der Waals surface area contributed by atoms with Crippen LogP contribution in [0.25, 0.3) is 17.1 Å². The molecule has 0 saturated heterocycles. The molecule has 2 amide bonds. The van der Waals surface area contributed by atoms with Gasteiger partial charge in [-0.3, -0.25) is 14.0 Å². The summed E-state index contributed by atoms with van der Waals surface area (Å²) in [5.41, 5.74) is 6.53. The Kier molecular flexibility index (Phi) is 5.33. The second kappa shape index (κ2) is 8.06. The fourth-order valence-electron chi connectivity index (χ4n) is 4.01. The molecule has 1 aliphatic carbocycles. The molecular weight excluding hydrogens is 370 g/mol. The molecule has 0 aromatic carbocycles. The van der Waals surface area contributed by atoms with E-state index in [4.69, 9.17) is 10.2 Å². The quantitative estimate of drug-likeness (QED) is 0.690. The molecular formula is C21H25N5O3. The summed E-state index contributed by atoms with van der Waals surface area (Å²) in [6.07, 6.45) is 10.3. The van der Waals surface area contributed by atoms with Gasteiger partial charge in [0.25, 0.3) is 11.8 Å². The number of imidazole rings is 1. The number of rotatable bonds is 6. The van der Waals surface area contributed by atoms with E-state index in [1.54, 1.807) is 30.1 Å². The molecule has 0 atom stereocenters. The maximum absolute atomic E-state index is 13.2. The van der Waals surface area contributed by atoms with Gasteiger partial charge in [-0.1, -0.05) is 32.1 Å². The average Bonchev–Trinajstić information content (AvgIpc) is 3.41. The molecule has 0 bridgehead atoms. The monoisotopic (exact) mass is 395 g/mol. The number of amides is 2. The van der Waals surface area contributed by atoms with Gasteiger partial charge in [-0.15, -0.1) is 0 Å². The van der Waals surface area contributed by atoms with Gasteiger partial charge in [-0.05, 0) is 30.5 Å². The molecule has 3 heterocycles. The number of carbonyl (C=O) groups excluding carboxylic acids is 2. The number of furan rings is 1. The smallest absolute Gasteiger partial charge is 0.271 e. The predicted molar refractivity (Wildman–Crippen MR) is 107 cm³/mol. The van der Waals surface area contributed by atoms with Crippen LogP contribution in [0.15, 0.2) is 35.2 Å². The molecule has 0 spiro atoms. The van der Waals surface area contributed by atoms with Crippen LogP contribution >= 0.6 is 0 Å². The lowest BCUT2D eigenvalue weighted by molar-refractivity contribution is 0.0776. The summed E-state index contributed by atoms with van der Waals surface area (Å²) in [6.45, 7) is 0.681. The number of nitrogens with zero attached hydrogens (tertiary/aromatic N) is 4. The lowest BCUT2D eigenvalue weighted by atomic mass is 9.87. The van der Waals surface area contributed by atoms with Gasteiger partial charge < -0.3 is 15.1 Å². The van der Waals surface area contributed by atoms with Gasteiger partial charge in [-0.25, -0.2) is 9.97 Å². The van der Waals surface area contributed by atoms with Crippen molar-refractivity contribution in [2.24, 2.45) is 11.7 Å². The van der Waals surface area contributed by atoms with E-state index in [-0.39, 0.29) is 17.2 Å². The zero-order valence-electron chi connectivity index (χ0n) is 16.5. The number of carbonyl (C=O) groups is 2. The van der Waals surface area contributed by atoms with Crippen molar-refractivity contribution >= 4 is 17.5 Å². The molecule has 1 fully saturated rings. The maximum Gasteiger partial charge on any atom is 0.271 e. The Balaban J connectivity index is 1.65. The zero-order chi connectivity index (χ0) is 20.4. The number of hydrogen-bond acceptors (Lipinski definition) is 5. The number of primary amides is 1. The van der Waals surface area contributed by atoms with Crippen molar-refractivity contribution in [2.45, 2.75) is 38.5 Å². The third-order valence-electron chi connectivity index (χ3n) is 5.67. The van der Waals surface area contributed by atoms with Crippen LogP contribution < -0.4 is 5.73 Å². The average molecular weight is 395 g/mol. The minimum absolute atomic E-state index is 0.0253. The standard InChI is InChI=1S/C21H25N5O3/c1-25(10-9-14-6-3-2-4-7-14)21(28)16-12-15(17-8-5-11-29-17)24-20-18(19(22)27)23-13-26(16)20/h5,8,11-14H,2-4,6-7,9-10H2,1H3,(H2,22,27). The van der Waals surface area contributed by atoms with Crippen LogP contribution in [0, 0.1) is 5.92 Å². The van der Waals surface area contributed by atoms with Gasteiger partial charge in [0.1, 0.15) is 17.7 Å². The van der Waals surface area contributed by atoms with Gasteiger partial charge in [0, 0.05) is 13.6 Å². The Morgan fingerprint density at radius 2 is 2.10 bits per heavy atom. The number of fused-ring (bicyclic) bond motifs is 1. The highest BCUT2D eigenvalue weighted by Crippen LogP contribution is 2.27. The van der Waals surface area contributed by atoms with Crippen LogP contribution in [0.1, 0.15) is 59.5 Å². The normalized spacial score (nSPS) is 14.9. The zero-order valence-corrected chi connectivity index (χ0v) is 16.5. The van der Waals surface area contributed by atoms with Crippen molar-refractivity contribution in [3.63, 3.8) is 0 Å². The molecule has 8 nitrogen and oxygen atoms in total. The molecule has 3 aromatic heterocycles. The van der Waals surface area contributed by atoms with Crippen molar-refractivity contribution in [3.8, 4) is 11.5 Å². The second-order valence-electron chi connectivity index (χ2n) is 7.67. The first-order valence-corrected chi connectivity index (χ1v) is 10.0. The molecule has 8 heteroatoms. The van der Waals surface area contributed by atoms with E-state index in [0.29, 0.717) is 29.6 Å². The summed E-state index contributed by atoms with van der Waals surface area (Å²) in [5.74, 6) is 0.336. The van der Waals surface area contributed by atoms with Crippen molar-refractivity contribution in [3.05, 3.63) is 42.2 Å². The third-order valence-corrected chi connectivity index (χ3v) is 5.67.